The first-order chi connectivity index (χ1) is 6.72. The smallest absolute Gasteiger partial charge is 0.404 e. The molecule has 1 amide bonds. The van der Waals surface area contributed by atoms with Gasteiger partial charge in [0.2, 0.25) is 0 Å². The fourth-order valence-electron chi connectivity index (χ4n) is 1.37. The third-order valence-corrected chi connectivity index (χ3v) is 2.15. The standard InChI is InChI=1S/C11H15NO2/c1-2-10(12-11(13)14)8-9-6-4-3-5-7-9/h3-7,10,12H,2,8H2,1H3,(H,13,14)/t10-/m0/s1. The first-order valence-corrected chi connectivity index (χ1v) is 4.75. The molecular weight excluding hydrogens is 178 g/mol. The highest BCUT2D eigenvalue weighted by atomic mass is 16.4. The van der Waals surface area contributed by atoms with E-state index in [1.165, 1.54) is 0 Å². The highest BCUT2D eigenvalue weighted by molar-refractivity contribution is 5.64. The lowest BCUT2D eigenvalue weighted by Gasteiger charge is -2.14. The van der Waals surface area contributed by atoms with Crippen LogP contribution in [0.2, 0.25) is 0 Å². The topological polar surface area (TPSA) is 49.3 Å². The zero-order valence-corrected chi connectivity index (χ0v) is 8.23. The van der Waals surface area contributed by atoms with E-state index in [0.29, 0.717) is 0 Å². The van der Waals surface area contributed by atoms with Gasteiger partial charge in [-0.2, -0.15) is 0 Å². The molecule has 2 N–H and O–H groups in total. The van der Waals surface area contributed by atoms with Gasteiger partial charge in [0, 0.05) is 6.04 Å². The summed E-state index contributed by atoms with van der Waals surface area (Å²) in [6, 6.07) is 9.90. The summed E-state index contributed by atoms with van der Waals surface area (Å²) < 4.78 is 0. The van der Waals surface area contributed by atoms with Crippen molar-refractivity contribution in [2.24, 2.45) is 0 Å². The van der Waals surface area contributed by atoms with Crippen molar-refractivity contribution < 1.29 is 9.90 Å². The third-order valence-electron chi connectivity index (χ3n) is 2.15. The van der Waals surface area contributed by atoms with Crippen LogP contribution in [0.3, 0.4) is 0 Å². The minimum Gasteiger partial charge on any atom is -0.465 e. The van der Waals surface area contributed by atoms with E-state index in [1.807, 2.05) is 37.3 Å². The summed E-state index contributed by atoms with van der Waals surface area (Å²) in [4.78, 5) is 10.4. The van der Waals surface area contributed by atoms with Gasteiger partial charge in [-0.1, -0.05) is 37.3 Å². The quantitative estimate of drug-likeness (QED) is 0.770. The van der Waals surface area contributed by atoms with Crippen LogP contribution in [0, 0.1) is 0 Å². The first kappa shape index (κ1) is 10.6. The Kier molecular flexibility index (Phi) is 3.98. The van der Waals surface area contributed by atoms with Gasteiger partial charge in [0.1, 0.15) is 0 Å². The molecule has 0 saturated heterocycles. The maximum atomic E-state index is 10.4. The van der Waals surface area contributed by atoms with Gasteiger partial charge in [-0.25, -0.2) is 4.79 Å². The van der Waals surface area contributed by atoms with E-state index in [4.69, 9.17) is 5.11 Å². The monoisotopic (exact) mass is 193 g/mol. The second kappa shape index (κ2) is 5.27. The second-order valence-corrected chi connectivity index (χ2v) is 3.24. The van der Waals surface area contributed by atoms with Crippen molar-refractivity contribution in [1.82, 2.24) is 5.32 Å². The van der Waals surface area contributed by atoms with E-state index < -0.39 is 6.09 Å². The second-order valence-electron chi connectivity index (χ2n) is 3.24. The molecular formula is C11H15NO2. The summed E-state index contributed by atoms with van der Waals surface area (Å²) in [6.07, 6.45) is 0.609. The number of hydrogen-bond donors (Lipinski definition) is 2. The van der Waals surface area contributed by atoms with Crippen molar-refractivity contribution in [3.8, 4) is 0 Å². The predicted octanol–water partition coefficient (Wildman–Crippen LogP) is 2.28. The van der Waals surface area contributed by atoms with Crippen molar-refractivity contribution in [3.63, 3.8) is 0 Å². The van der Waals surface area contributed by atoms with Crippen molar-refractivity contribution >= 4 is 6.09 Å². The molecule has 1 aromatic carbocycles. The molecule has 76 valence electrons. The van der Waals surface area contributed by atoms with E-state index in [9.17, 15) is 4.79 Å². The Morgan fingerprint density at radius 3 is 2.57 bits per heavy atom. The van der Waals surface area contributed by atoms with Gasteiger partial charge in [-0.3, -0.25) is 0 Å². The van der Waals surface area contributed by atoms with Crippen LogP contribution in [-0.4, -0.2) is 17.2 Å². The molecule has 1 atom stereocenters. The molecule has 0 aliphatic rings. The van der Waals surface area contributed by atoms with Gasteiger partial charge < -0.3 is 10.4 Å². The molecule has 0 aliphatic carbocycles. The summed E-state index contributed by atoms with van der Waals surface area (Å²) >= 11 is 0. The molecule has 0 spiro atoms. The number of nitrogens with one attached hydrogen (secondary N) is 1. The summed E-state index contributed by atoms with van der Waals surface area (Å²) in [6.45, 7) is 1.98. The number of benzene rings is 1. The van der Waals surface area contributed by atoms with Gasteiger partial charge in [0.05, 0.1) is 0 Å². The Balaban J connectivity index is 2.53. The molecule has 3 nitrogen and oxygen atoms in total. The maximum absolute atomic E-state index is 10.4. The van der Waals surface area contributed by atoms with Crippen LogP contribution in [0.4, 0.5) is 4.79 Å². The lowest BCUT2D eigenvalue weighted by atomic mass is 10.0. The molecule has 0 bridgehead atoms. The van der Waals surface area contributed by atoms with Gasteiger partial charge >= 0.3 is 6.09 Å². The van der Waals surface area contributed by atoms with E-state index in [2.05, 4.69) is 5.32 Å². The van der Waals surface area contributed by atoms with Crippen LogP contribution in [0.5, 0.6) is 0 Å². The normalized spacial score (nSPS) is 12.1. The van der Waals surface area contributed by atoms with E-state index in [0.717, 1.165) is 18.4 Å². The van der Waals surface area contributed by atoms with Crippen LogP contribution < -0.4 is 5.32 Å². The first-order valence-electron chi connectivity index (χ1n) is 4.75. The molecule has 0 radical (unpaired) electrons. The van der Waals surface area contributed by atoms with Crippen molar-refractivity contribution in [3.05, 3.63) is 35.9 Å². The Labute approximate surface area is 83.8 Å². The van der Waals surface area contributed by atoms with Crippen LogP contribution in [-0.2, 0) is 6.42 Å². The predicted molar refractivity (Wildman–Crippen MR) is 55.4 cm³/mol. The summed E-state index contributed by atoms with van der Waals surface area (Å²) in [5.74, 6) is 0. The molecule has 0 unspecified atom stereocenters. The number of hydrogen-bond acceptors (Lipinski definition) is 1. The number of amides is 1. The fraction of sp³-hybridized carbons (Fsp3) is 0.364. The molecule has 0 fully saturated rings. The minimum atomic E-state index is -0.951. The van der Waals surface area contributed by atoms with Crippen molar-refractivity contribution in [2.45, 2.75) is 25.8 Å². The SMILES string of the molecule is CC[C@@H](Cc1ccccc1)NC(=O)O. The zero-order valence-electron chi connectivity index (χ0n) is 8.23. The summed E-state index contributed by atoms with van der Waals surface area (Å²) in [5.41, 5.74) is 1.16. The van der Waals surface area contributed by atoms with Crippen molar-refractivity contribution in [2.75, 3.05) is 0 Å². The lowest BCUT2D eigenvalue weighted by molar-refractivity contribution is 0.189. The highest BCUT2D eigenvalue weighted by Crippen LogP contribution is 2.05. The molecule has 1 rings (SSSR count). The van der Waals surface area contributed by atoms with Gasteiger partial charge in [-0.05, 0) is 18.4 Å². The van der Waals surface area contributed by atoms with Gasteiger partial charge in [-0.15, -0.1) is 0 Å². The molecule has 0 heterocycles. The van der Waals surface area contributed by atoms with Crippen LogP contribution in [0.1, 0.15) is 18.9 Å². The van der Waals surface area contributed by atoms with E-state index in [-0.39, 0.29) is 6.04 Å². The third kappa shape index (κ3) is 3.47. The van der Waals surface area contributed by atoms with Gasteiger partial charge in [0.15, 0.2) is 0 Å². The number of carboxylic acid groups (broad SMARTS) is 1. The van der Waals surface area contributed by atoms with Crippen LogP contribution in [0.15, 0.2) is 30.3 Å². The molecule has 14 heavy (non-hydrogen) atoms. The zero-order chi connectivity index (χ0) is 10.4. The molecule has 3 heteroatoms. The highest BCUT2D eigenvalue weighted by Gasteiger charge is 2.08. The molecule has 0 aromatic heterocycles. The average molecular weight is 193 g/mol. The van der Waals surface area contributed by atoms with Crippen LogP contribution in [0.25, 0.3) is 0 Å². The fourth-order valence-corrected chi connectivity index (χ4v) is 1.37. The molecule has 1 aromatic rings. The number of carbonyl (C=O) groups is 1. The Morgan fingerprint density at radius 1 is 1.43 bits per heavy atom. The largest absolute Gasteiger partial charge is 0.465 e. The Bertz CT molecular complexity index is 285. The average Bonchev–Trinajstić information content (AvgIpc) is 2.17. The Morgan fingerprint density at radius 2 is 2.07 bits per heavy atom. The van der Waals surface area contributed by atoms with Gasteiger partial charge in [0.25, 0.3) is 0 Å². The summed E-state index contributed by atoms with van der Waals surface area (Å²) in [5, 5.41) is 11.1. The van der Waals surface area contributed by atoms with E-state index >= 15 is 0 Å². The number of rotatable bonds is 4. The van der Waals surface area contributed by atoms with E-state index in [1.54, 1.807) is 0 Å². The minimum absolute atomic E-state index is 0.00917. The summed E-state index contributed by atoms with van der Waals surface area (Å²) in [7, 11) is 0. The van der Waals surface area contributed by atoms with Crippen molar-refractivity contribution in [1.29, 1.82) is 0 Å². The van der Waals surface area contributed by atoms with Crippen LogP contribution >= 0.6 is 0 Å². The lowest BCUT2D eigenvalue weighted by Crippen LogP contribution is -2.34. The molecule has 0 aliphatic heterocycles. The molecule has 0 saturated carbocycles. The maximum Gasteiger partial charge on any atom is 0.404 e. The Hall–Kier alpha value is -1.51.